The standard InChI is InChI=1S/C16H22F3NO/c1-2-8-20-15(10-12-7-9-21-11-12)13-3-5-14(6-4-13)16(17,18)19/h3-6,12,15,20H,2,7-11H2,1H3. The second kappa shape index (κ2) is 7.27. The zero-order valence-electron chi connectivity index (χ0n) is 12.2. The van der Waals surface area contributed by atoms with E-state index in [1.165, 1.54) is 12.1 Å². The lowest BCUT2D eigenvalue weighted by atomic mass is 9.93. The highest BCUT2D eigenvalue weighted by atomic mass is 19.4. The Balaban J connectivity index is 2.07. The molecule has 0 amide bonds. The third kappa shape index (κ3) is 4.71. The van der Waals surface area contributed by atoms with Crippen molar-refractivity contribution >= 4 is 0 Å². The zero-order chi connectivity index (χ0) is 15.3. The highest BCUT2D eigenvalue weighted by molar-refractivity contribution is 5.27. The third-order valence-corrected chi connectivity index (χ3v) is 3.87. The van der Waals surface area contributed by atoms with E-state index in [2.05, 4.69) is 12.2 Å². The highest BCUT2D eigenvalue weighted by Gasteiger charge is 2.30. The molecule has 2 nitrogen and oxygen atoms in total. The van der Waals surface area contributed by atoms with Crippen molar-refractivity contribution in [3.63, 3.8) is 0 Å². The van der Waals surface area contributed by atoms with Crippen molar-refractivity contribution in [3.8, 4) is 0 Å². The summed E-state index contributed by atoms with van der Waals surface area (Å²) in [7, 11) is 0. The molecule has 2 unspecified atom stereocenters. The number of benzene rings is 1. The van der Waals surface area contributed by atoms with Crippen LogP contribution in [0.15, 0.2) is 24.3 Å². The molecule has 21 heavy (non-hydrogen) atoms. The van der Waals surface area contributed by atoms with Crippen LogP contribution in [-0.2, 0) is 10.9 Å². The summed E-state index contributed by atoms with van der Waals surface area (Å²) in [5, 5.41) is 3.43. The van der Waals surface area contributed by atoms with Crippen LogP contribution in [0.3, 0.4) is 0 Å². The summed E-state index contributed by atoms with van der Waals surface area (Å²) in [5.41, 5.74) is 0.327. The van der Waals surface area contributed by atoms with E-state index in [4.69, 9.17) is 4.74 Å². The number of rotatable bonds is 6. The Morgan fingerprint density at radius 2 is 2.00 bits per heavy atom. The Kier molecular flexibility index (Phi) is 5.65. The molecule has 1 heterocycles. The van der Waals surface area contributed by atoms with Gasteiger partial charge in [0.1, 0.15) is 0 Å². The van der Waals surface area contributed by atoms with E-state index in [-0.39, 0.29) is 6.04 Å². The Morgan fingerprint density at radius 3 is 2.52 bits per heavy atom. The summed E-state index contributed by atoms with van der Waals surface area (Å²) in [5.74, 6) is 0.488. The second-order valence-corrected chi connectivity index (χ2v) is 5.59. The fourth-order valence-corrected chi connectivity index (χ4v) is 2.66. The van der Waals surface area contributed by atoms with Crippen LogP contribution in [0, 0.1) is 5.92 Å². The van der Waals surface area contributed by atoms with Gasteiger partial charge in [0.15, 0.2) is 0 Å². The summed E-state index contributed by atoms with van der Waals surface area (Å²) in [4.78, 5) is 0. The summed E-state index contributed by atoms with van der Waals surface area (Å²) in [6.07, 6.45) is -1.33. The molecular weight excluding hydrogens is 279 g/mol. The Bertz CT molecular complexity index is 424. The summed E-state index contributed by atoms with van der Waals surface area (Å²) < 4.78 is 43.2. The van der Waals surface area contributed by atoms with Crippen molar-refractivity contribution in [2.75, 3.05) is 19.8 Å². The molecule has 1 aromatic carbocycles. The maximum Gasteiger partial charge on any atom is 0.416 e. The van der Waals surface area contributed by atoms with E-state index in [0.717, 1.165) is 44.6 Å². The minimum atomic E-state index is -4.27. The van der Waals surface area contributed by atoms with Gasteiger partial charge in [-0.15, -0.1) is 0 Å². The Labute approximate surface area is 123 Å². The predicted octanol–water partition coefficient (Wildman–Crippen LogP) is 4.17. The first-order valence-corrected chi connectivity index (χ1v) is 7.49. The largest absolute Gasteiger partial charge is 0.416 e. The van der Waals surface area contributed by atoms with Crippen molar-refractivity contribution < 1.29 is 17.9 Å². The molecule has 2 atom stereocenters. The van der Waals surface area contributed by atoms with E-state index >= 15 is 0 Å². The van der Waals surface area contributed by atoms with Crippen LogP contribution < -0.4 is 5.32 Å². The van der Waals surface area contributed by atoms with E-state index in [1.54, 1.807) is 12.1 Å². The molecule has 0 aromatic heterocycles. The molecule has 0 aliphatic carbocycles. The molecule has 1 aromatic rings. The number of halogens is 3. The van der Waals surface area contributed by atoms with E-state index in [9.17, 15) is 13.2 Å². The maximum atomic E-state index is 12.6. The number of hydrogen-bond donors (Lipinski definition) is 1. The smallest absolute Gasteiger partial charge is 0.381 e. The first-order valence-electron chi connectivity index (χ1n) is 7.49. The van der Waals surface area contributed by atoms with Crippen LogP contribution in [0.25, 0.3) is 0 Å². The van der Waals surface area contributed by atoms with Crippen molar-refractivity contribution in [1.29, 1.82) is 0 Å². The maximum absolute atomic E-state index is 12.6. The van der Waals surface area contributed by atoms with Crippen LogP contribution >= 0.6 is 0 Å². The van der Waals surface area contributed by atoms with Gasteiger partial charge in [-0.05, 0) is 49.4 Å². The predicted molar refractivity (Wildman–Crippen MR) is 76.0 cm³/mol. The van der Waals surface area contributed by atoms with Crippen molar-refractivity contribution in [2.45, 2.75) is 38.4 Å². The Hall–Kier alpha value is -1.07. The van der Waals surface area contributed by atoms with Gasteiger partial charge in [-0.3, -0.25) is 0 Å². The molecule has 0 saturated carbocycles. The fraction of sp³-hybridized carbons (Fsp3) is 0.625. The lowest BCUT2D eigenvalue weighted by Crippen LogP contribution is -2.25. The van der Waals surface area contributed by atoms with Crippen LogP contribution in [0.2, 0.25) is 0 Å². The summed E-state index contributed by atoms with van der Waals surface area (Å²) in [6, 6.07) is 5.61. The Morgan fingerprint density at radius 1 is 1.29 bits per heavy atom. The molecule has 1 aliphatic heterocycles. The monoisotopic (exact) mass is 301 g/mol. The van der Waals surface area contributed by atoms with Crippen molar-refractivity contribution in [3.05, 3.63) is 35.4 Å². The molecule has 0 spiro atoms. The van der Waals surface area contributed by atoms with E-state index in [1.807, 2.05) is 0 Å². The number of hydrogen-bond acceptors (Lipinski definition) is 2. The average molecular weight is 301 g/mol. The van der Waals surface area contributed by atoms with Gasteiger partial charge < -0.3 is 10.1 Å². The first kappa shape index (κ1) is 16.3. The first-order chi connectivity index (χ1) is 10.0. The minimum Gasteiger partial charge on any atom is -0.381 e. The van der Waals surface area contributed by atoms with E-state index < -0.39 is 11.7 Å². The lowest BCUT2D eigenvalue weighted by molar-refractivity contribution is -0.137. The van der Waals surface area contributed by atoms with Gasteiger partial charge in [0.25, 0.3) is 0 Å². The van der Waals surface area contributed by atoms with Crippen molar-refractivity contribution in [2.24, 2.45) is 5.92 Å². The molecule has 1 N–H and O–H groups in total. The van der Waals surface area contributed by atoms with Crippen LogP contribution in [0.5, 0.6) is 0 Å². The normalized spacial score (nSPS) is 20.7. The molecular formula is C16H22F3NO. The van der Waals surface area contributed by atoms with Crippen LogP contribution in [0.1, 0.15) is 43.4 Å². The van der Waals surface area contributed by atoms with E-state index in [0.29, 0.717) is 5.92 Å². The molecule has 1 saturated heterocycles. The molecule has 0 radical (unpaired) electrons. The van der Waals surface area contributed by atoms with Crippen molar-refractivity contribution in [1.82, 2.24) is 5.32 Å². The van der Waals surface area contributed by atoms with Gasteiger partial charge in [-0.25, -0.2) is 0 Å². The molecule has 1 fully saturated rings. The quantitative estimate of drug-likeness (QED) is 0.851. The molecule has 0 bridgehead atoms. The molecule has 1 aliphatic rings. The van der Waals surface area contributed by atoms with Gasteiger partial charge >= 0.3 is 6.18 Å². The molecule has 5 heteroatoms. The van der Waals surface area contributed by atoms with Gasteiger partial charge in [-0.1, -0.05) is 19.1 Å². The molecule has 2 rings (SSSR count). The third-order valence-electron chi connectivity index (χ3n) is 3.87. The summed E-state index contributed by atoms with van der Waals surface area (Å²) >= 11 is 0. The fourth-order valence-electron chi connectivity index (χ4n) is 2.66. The minimum absolute atomic E-state index is 0.0962. The van der Waals surface area contributed by atoms with Gasteiger partial charge in [0.2, 0.25) is 0 Å². The second-order valence-electron chi connectivity index (χ2n) is 5.59. The van der Waals surface area contributed by atoms with Gasteiger partial charge in [0, 0.05) is 19.3 Å². The SMILES string of the molecule is CCCNC(CC1CCOC1)c1ccc(C(F)(F)F)cc1. The highest BCUT2D eigenvalue weighted by Crippen LogP contribution is 2.31. The zero-order valence-corrected chi connectivity index (χ0v) is 12.2. The number of ether oxygens (including phenoxy) is 1. The number of nitrogens with one attached hydrogen (secondary N) is 1. The molecule has 118 valence electrons. The topological polar surface area (TPSA) is 21.3 Å². The number of alkyl halides is 3. The summed E-state index contributed by atoms with van der Waals surface area (Å²) in [6.45, 7) is 4.48. The lowest BCUT2D eigenvalue weighted by Gasteiger charge is -2.22. The van der Waals surface area contributed by atoms with Crippen LogP contribution in [0.4, 0.5) is 13.2 Å². The van der Waals surface area contributed by atoms with Gasteiger partial charge in [-0.2, -0.15) is 13.2 Å². The van der Waals surface area contributed by atoms with Crippen LogP contribution in [-0.4, -0.2) is 19.8 Å². The average Bonchev–Trinajstić information content (AvgIpc) is 2.95. The van der Waals surface area contributed by atoms with Gasteiger partial charge in [0.05, 0.1) is 5.56 Å².